The zero-order chi connectivity index (χ0) is 13.1. The van der Waals surface area contributed by atoms with Crippen molar-refractivity contribution in [1.82, 2.24) is 5.32 Å². The third kappa shape index (κ3) is 2.90. The smallest absolute Gasteiger partial charge is 0.166 e. The lowest BCUT2D eigenvalue weighted by atomic mass is 10.0. The van der Waals surface area contributed by atoms with E-state index in [1.165, 1.54) is 6.42 Å². The molecule has 1 heterocycles. The molecule has 4 heteroatoms. The van der Waals surface area contributed by atoms with E-state index < -0.39 is 0 Å². The van der Waals surface area contributed by atoms with Gasteiger partial charge in [0, 0.05) is 22.7 Å². The predicted molar refractivity (Wildman–Crippen MR) is 73.7 cm³/mol. The van der Waals surface area contributed by atoms with Gasteiger partial charge in [0.1, 0.15) is 0 Å². The average Bonchev–Trinajstić information content (AvgIpc) is 2.83. The van der Waals surface area contributed by atoms with Crippen LogP contribution in [-0.2, 0) is 0 Å². The van der Waals surface area contributed by atoms with Crippen LogP contribution in [0.4, 0.5) is 0 Å². The number of benzene rings is 1. The van der Waals surface area contributed by atoms with Gasteiger partial charge in [-0.25, -0.2) is 0 Å². The first-order valence-electron chi connectivity index (χ1n) is 6.39. The van der Waals surface area contributed by atoms with Gasteiger partial charge in [0.05, 0.1) is 13.2 Å². The van der Waals surface area contributed by atoms with Crippen LogP contribution in [-0.4, -0.2) is 19.8 Å². The van der Waals surface area contributed by atoms with E-state index in [9.17, 15) is 0 Å². The van der Waals surface area contributed by atoms with Crippen molar-refractivity contribution in [1.29, 1.82) is 0 Å². The lowest BCUT2D eigenvalue weighted by Gasteiger charge is -2.21. The van der Waals surface area contributed by atoms with Gasteiger partial charge in [-0.15, -0.1) is 0 Å². The molecule has 1 aliphatic heterocycles. The van der Waals surface area contributed by atoms with E-state index in [0.29, 0.717) is 16.8 Å². The van der Waals surface area contributed by atoms with Gasteiger partial charge in [-0.2, -0.15) is 0 Å². The highest BCUT2D eigenvalue weighted by Crippen LogP contribution is 2.40. The minimum Gasteiger partial charge on any atom is -0.493 e. The molecule has 0 bridgehead atoms. The molecule has 1 saturated heterocycles. The second-order valence-electron chi connectivity index (χ2n) is 4.84. The third-order valence-corrected chi connectivity index (χ3v) is 3.28. The van der Waals surface area contributed by atoms with E-state index in [1.54, 1.807) is 13.2 Å². The number of nitrogens with one attached hydrogen (secondary N) is 1. The first-order chi connectivity index (χ1) is 8.61. The van der Waals surface area contributed by atoms with Crippen LogP contribution in [0.15, 0.2) is 12.1 Å². The maximum absolute atomic E-state index is 6.15. The molecule has 1 unspecified atom stereocenters. The van der Waals surface area contributed by atoms with Crippen LogP contribution in [0, 0.1) is 0 Å². The molecule has 2 rings (SSSR count). The maximum Gasteiger partial charge on any atom is 0.166 e. The van der Waals surface area contributed by atoms with Crippen molar-refractivity contribution < 1.29 is 9.47 Å². The normalized spacial score (nSPS) is 19.3. The molecular formula is C14H20ClNO2. The fourth-order valence-corrected chi connectivity index (χ4v) is 2.53. The largest absolute Gasteiger partial charge is 0.493 e. The Labute approximate surface area is 113 Å². The molecule has 1 atom stereocenters. The highest BCUT2D eigenvalue weighted by Gasteiger charge is 2.24. The number of hydrogen-bond donors (Lipinski definition) is 1. The van der Waals surface area contributed by atoms with Crippen molar-refractivity contribution in [3.05, 3.63) is 22.7 Å². The molecule has 1 N–H and O–H groups in total. The van der Waals surface area contributed by atoms with Crippen molar-refractivity contribution in [2.75, 3.05) is 13.7 Å². The van der Waals surface area contributed by atoms with Gasteiger partial charge >= 0.3 is 0 Å². The van der Waals surface area contributed by atoms with Crippen molar-refractivity contribution >= 4 is 11.6 Å². The van der Waals surface area contributed by atoms with Crippen LogP contribution in [0.3, 0.4) is 0 Å². The Morgan fingerprint density at radius 2 is 2.17 bits per heavy atom. The molecule has 0 aliphatic carbocycles. The summed E-state index contributed by atoms with van der Waals surface area (Å²) in [6.45, 7) is 5.07. The van der Waals surface area contributed by atoms with E-state index >= 15 is 0 Å². The van der Waals surface area contributed by atoms with Crippen molar-refractivity contribution in [2.24, 2.45) is 0 Å². The lowest BCUT2D eigenvalue weighted by Crippen LogP contribution is -2.16. The zero-order valence-electron chi connectivity index (χ0n) is 11.1. The van der Waals surface area contributed by atoms with Gasteiger partial charge in [-0.3, -0.25) is 0 Å². The first kappa shape index (κ1) is 13.5. The van der Waals surface area contributed by atoms with E-state index in [0.717, 1.165) is 24.3 Å². The number of rotatable bonds is 4. The second-order valence-corrected chi connectivity index (χ2v) is 5.28. The van der Waals surface area contributed by atoms with Crippen LogP contribution in [0.2, 0.25) is 5.02 Å². The van der Waals surface area contributed by atoms with Gasteiger partial charge in [-0.1, -0.05) is 11.6 Å². The summed E-state index contributed by atoms with van der Waals surface area (Å²) in [6, 6.07) is 4.09. The van der Waals surface area contributed by atoms with E-state index in [1.807, 2.05) is 19.9 Å². The number of methoxy groups -OCH3 is 1. The average molecular weight is 270 g/mol. The standard InChI is InChI=1S/C14H20ClNO2/c1-9(2)18-14-11(12-5-4-6-16-12)7-10(15)8-13(14)17-3/h7-9,12,16H,4-6H2,1-3H3. The van der Waals surface area contributed by atoms with Crippen LogP contribution in [0.5, 0.6) is 11.5 Å². The molecule has 3 nitrogen and oxygen atoms in total. The van der Waals surface area contributed by atoms with Gasteiger partial charge in [-0.05, 0) is 39.3 Å². The van der Waals surface area contributed by atoms with Crippen LogP contribution < -0.4 is 14.8 Å². The summed E-state index contributed by atoms with van der Waals surface area (Å²) in [7, 11) is 1.64. The highest BCUT2D eigenvalue weighted by molar-refractivity contribution is 6.30. The van der Waals surface area contributed by atoms with E-state index in [-0.39, 0.29) is 6.10 Å². The molecule has 0 saturated carbocycles. The summed E-state index contributed by atoms with van der Waals surface area (Å²) < 4.78 is 11.3. The fourth-order valence-electron chi connectivity index (χ4n) is 2.31. The molecule has 0 aromatic heterocycles. The molecule has 1 aliphatic rings. The van der Waals surface area contributed by atoms with E-state index in [2.05, 4.69) is 5.32 Å². The maximum atomic E-state index is 6.15. The van der Waals surface area contributed by atoms with Gasteiger partial charge < -0.3 is 14.8 Å². The predicted octanol–water partition coefficient (Wildman–Crippen LogP) is 3.56. The summed E-state index contributed by atoms with van der Waals surface area (Å²) in [5.74, 6) is 1.52. The molecule has 18 heavy (non-hydrogen) atoms. The van der Waals surface area contributed by atoms with Gasteiger partial charge in [0.2, 0.25) is 0 Å². The summed E-state index contributed by atoms with van der Waals surface area (Å²) >= 11 is 6.15. The molecule has 1 aromatic rings. The summed E-state index contributed by atoms with van der Waals surface area (Å²) in [5.41, 5.74) is 1.10. The third-order valence-electron chi connectivity index (χ3n) is 3.06. The Bertz CT molecular complexity index is 415. The summed E-state index contributed by atoms with van der Waals surface area (Å²) in [5, 5.41) is 4.16. The van der Waals surface area contributed by atoms with Crippen LogP contribution in [0.1, 0.15) is 38.3 Å². The van der Waals surface area contributed by atoms with Crippen molar-refractivity contribution in [2.45, 2.75) is 38.8 Å². The molecular weight excluding hydrogens is 250 g/mol. The first-order valence-corrected chi connectivity index (χ1v) is 6.77. The summed E-state index contributed by atoms with van der Waals surface area (Å²) in [4.78, 5) is 0. The van der Waals surface area contributed by atoms with Crippen LogP contribution in [0.25, 0.3) is 0 Å². The van der Waals surface area contributed by atoms with Gasteiger partial charge in [0.25, 0.3) is 0 Å². The van der Waals surface area contributed by atoms with Crippen molar-refractivity contribution in [3.8, 4) is 11.5 Å². The van der Waals surface area contributed by atoms with Crippen LogP contribution >= 0.6 is 11.6 Å². The highest BCUT2D eigenvalue weighted by atomic mass is 35.5. The van der Waals surface area contributed by atoms with E-state index in [4.69, 9.17) is 21.1 Å². The molecule has 0 spiro atoms. The zero-order valence-corrected chi connectivity index (χ0v) is 11.9. The molecule has 1 fully saturated rings. The minimum absolute atomic E-state index is 0.111. The molecule has 0 amide bonds. The Kier molecular flexibility index (Phi) is 4.36. The lowest BCUT2D eigenvalue weighted by molar-refractivity contribution is 0.226. The molecule has 100 valence electrons. The Balaban J connectivity index is 2.43. The number of hydrogen-bond acceptors (Lipinski definition) is 3. The fraction of sp³-hybridized carbons (Fsp3) is 0.571. The topological polar surface area (TPSA) is 30.5 Å². The summed E-state index contributed by atoms with van der Waals surface area (Å²) in [6.07, 6.45) is 2.40. The SMILES string of the molecule is COc1cc(Cl)cc(C2CCCN2)c1OC(C)C. The Hall–Kier alpha value is -0.930. The number of ether oxygens (including phenoxy) is 2. The quantitative estimate of drug-likeness (QED) is 0.907. The van der Waals surface area contributed by atoms with Gasteiger partial charge in [0.15, 0.2) is 11.5 Å². The Morgan fingerprint density at radius 1 is 1.39 bits per heavy atom. The molecule has 1 aromatic carbocycles. The Morgan fingerprint density at radius 3 is 2.72 bits per heavy atom. The number of halogens is 1. The molecule has 0 radical (unpaired) electrons. The second kappa shape index (κ2) is 5.81. The van der Waals surface area contributed by atoms with Crippen molar-refractivity contribution in [3.63, 3.8) is 0 Å². The minimum atomic E-state index is 0.111. The monoisotopic (exact) mass is 269 g/mol.